The summed E-state index contributed by atoms with van der Waals surface area (Å²) < 4.78 is 7.27. The molecule has 1 amide bonds. The molecule has 0 saturated carbocycles. The third kappa shape index (κ3) is 4.56. The van der Waals surface area contributed by atoms with E-state index < -0.39 is 0 Å². The molecule has 5 rings (SSSR count). The number of morpholine rings is 1. The lowest BCUT2D eigenvalue weighted by Gasteiger charge is -2.28. The number of fused-ring (bicyclic) bond motifs is 1. The van der Waals surface area contributed by atoms with E-state index in [1.165, 1.54) is 11.8 Å². The topological polar surface area (TPSA) is 83.8 Å². The zero-order valence-corrected chi connectivity index (χ0v) is 18.1. The molecular weight excluding hydrogens is 416 g/mol. The number of anilines is 4. The minimum Gasteiger partial charge on any atom is -0.378 e. The lowest BCUT2D eigenvalue weighted by atomic mass is 10.1. The Labute approximate surface area is 191 Å². The van der Waals surface area contributed by atoms with Crippen LogP contribution in [0.2, 0.25) is 0 Å². The number of ether oxygens (including phenoxy) is 1. The van der Waals surface area contributed by atoms with Crippen LogP contribution in [-0.2, 0) is 9.53 Å². The van der Waals surface area contributed by atoms with Crippen LogP contribution >= 0.6 is 0 Å². The standard InChI is InChI=1S/C25H24N6O2/c1-2-24(32)27-20-5-3-4-18(16-20)23-11-10-22-17-26-25(29-31(22)23)28-19-6-8-21(9-7-19)30-12-14-33-15-13-30/h2-11,16-17H,1,12-15H2,(H,27,32)(H,28,29). The van der Waals surface area contributed by atoms with Gasteiger partial charge in [-0.05, 0) is 54.6 Å². The number of carbonyl (C=O) groups is 1. The first-order valence-electron chi connectivity index (χ1n) is 10.8. The second-order valence-electron chi connectivity index (χ2n) is 7.68. The molecule has 8 heteroatoms. The Balaban J connectivity index is 1.38. The van der Waals surface area contributed by atoms with Crippen LogP contribution < -0.4 is 15.5 Å². The monoisotopic (exact) mass is 440 g/mol. The smallest absolute Gasteiger partial charge is 0.247 e. The average Bonchev–Trinajstić information content (AvgIpc) is 3.28. The Hall–Kier alpha value is -4.17. The number of amides is 1. The van der Waals surface area contributed by atoms with Crippen molar-refractivity contribution in [2.24, 2.45) is 0 Å². The fourth-order valence-corrected chi connectivity index (χ4v) is 3.83. The van der Waals surface area contributed by atoms with E-state index >= 15 is 0 Å². The molecule has 8 nitrogen and oxygen atoms in total. The molecular formula is C25H24N6O2. The highest BCUT2D eigenvalue weighted by Gasteiger charge is 2.12. The van der Waals surface area contributed by atoms with Crippen LogP contribution in [0.1, 0.15) is 0 Å². The number of nitrogens with zero attached hydrogens (tertiary/aromatic N) is 4. The molecule has 3 heterocycles. The Morgan fingerprint density at radius 2 is 1.85 bits per heavy atom. The molecule has 1 fully saturated rings. The van der Waals surface area contributed by atoms with Crippen molar-refractivity contribution in [1.29, 1.82) is 0 Å². The third-order valence-electron chi connectivity index (χ3n) is 5.51. The van der Waals surface area contributed by atoms with Crippen LogP contribution in [0.25, 0.3) is 16.8 Å². The quantitative estimate of drug-likeness (QED) is 0.439. The van der Waals surface area contributed by atoms with Crippen molar-refractivity contribution in [1.82, 2.24) is 14.6 Å². The first-order chi connectivity index (χ1) is 16.2. The van der Waals surface area contributed by atoms with Gasteiger partial charge in [-0.3, -0.25) is 4.79 Å². The number of rotatable bonds is 6. The maximum atomic E-state index is 11.6. The lowest BCUT2D eigenvalue weighted by Crippen LogP contribution is -2.36. The van der Waals surface area contributed by atoms with Crippen molar-refractivity contribution in [2.45, 2.75) is 0 Å². The molecule has 2 aromatic carbocycles. The first-order valence-corrected chi connectivity index (χ1v) is 10.8. The summed E-state index contributed by atoms with van der Waals surface area (Å²) in [6.45, 7) is 6.82. The van der Waals surface area contributed by atoms with Crippen molar-refractivity contribution in [3.63, 3.8) is 0 Å². The number of aromatic nitrogens is 3. The van der Waals surface area contributed by atoms with Gasteiger partial charge in [0.15, 0.2) is 0 Å². The second-order valence-corrected chi connectivity index (χ2v) is 7.68. The van der Waals surface area contributed by atoms with E-state index in [2.05, 4.69) is 44.3 Å². The van der Waals surface area contributed by atoms with Gasteiger partial charge in [0.2, 0.25) is 11.9 Å². The van der Waals surface area contributed by atoms with E-state index in [0.29, 0.717) is 11.6 Å². The fourth-order valence-electron chi connectivity index (χ4n) is 3.83. The average molecular weight is 441 g/mol. The van der Waals surface area contributed by atoms with E-state index in [4.69, 9.17) is 4.74 Å². The highest BCUT2D eigenvalue weighted by Crippen LogP contribution is 2.26. The minimum absolute atomic E-state index is 0.249. The van der Waals surface area contributed by atoms with Gasteiger partial charge in [-0.2, -0.15) is 0 Å². The molecule has 0 unspecified atom stereocenters. The molecule has 1 saturated heterocycles. The second kappa shape index (κ2) is 9.13. The summed E-state index contributed by atoms with van der Waals surface area (Å²) in [6, 6.07) is 19.8. The molecule has 33 heavy (non-hydrogen) atoms. The van der Waals surface area contributed by atoms with Crippen molar-refractivity contribution in [3.8, 4) is 11.3 Å². The number of hydrogen-bond donors (Lipinski definition) is 2. The number of benzene rings is 2. The summed E-state index contributed by atoms with van der Waals surface area (Å²) in [6.07, 6.45) is 3.03. The van der Waals surface area contributed by atoms with Crippen LogP contribution in [0.5, 0.6) is 0 Å². The van der Waals surface area contributed by atoms with Gasteiger partial charge in [0.1, 0.15) is 0 Å². The summed E-state index contributed by atoms with van der Waals surface area (Å²) >= 11 is 0. The summed E-state index contributed by atoms with van der Waals surface area (Å²) in [7, 11) is 0. The maximum absolute atomic E-state index is 11.6. The summed E-state index contributed by atoms with van der Waals surface area (Å²) in [4.78, 5) is 18.4. The van der Waals surface area contributed by atoms with Crippen LogP contribution in [0.15, 0.2) is 79.5 Å². The first kappa shape index (κ1) is 20.7. The highest BCUT2D eigenvalue weighted by molar-refractivity contribution is 5.99. The largest absolute Gasteiger partial charge is 0.378 e. The molecule has 166 valence electrons. The van der Waals surface area contributed by atoms with Crippen LogP contribution in [0.3, 0.4) is 0 Å². The lowest BCUT2D eigenvalue weighted by molar-refractivity contribution is -0.111. The predicted molar refractivity (Wildman–Crippen MR) is 130 cm³/mol. The van der Waals surface area contributed by atoms with Gasteiger partial charge >= 0.3 is 0 Å². The zero-order chi connectivity index (χ0) is 22.6. The van der Waals surface area contributed by atoms with Gasteiger partial charge in [0, 0.05) is 35.7 Å². The highest BCUT2D eigenvalue weighted by atomic mass is 16.5. The normalized spacial score (nSPS) is 13.6. The van der Waals surface area contributed by atoms with E-state index in [-0.39, 0.29) is 5.91 Å². The van der Waals surface area contributed by atoms with Gasteiger partial charge < -0.3 is 20.3 Å². The number of nitrogens with one attached hydrogen (secondary N) is 2. The third-order valence-corrected chi connectivity index (χ3v) is 5.51. The van der Waals surface area contributed by atoms with E-state index in [0.717, 1.165) is 48.8 Å². The molecule has 2 aromatic heterocycles. The van der Waals surface area contributed by atoms with E-state index in [1.807, 2.05) is 53.0 Å². The fraction of sp³-hybridized carbons (Fsp3) is 0.160. The van der Waals surface area contributed by atoms with Crippen LogP contribution in [-0.4, -0.2) is 46.8 Å². The Morgan fingerprint density at radius 1 is 1.03 bits per heavy atom. The Morgan fingerprint density at radius 3 is 2.64 bits per heavy atom. The van der Waals surface area contributed by atoms with Gasteiger partial charge in [0.25, 0.3) is 0 Å². The molecule has 0 spiro atoms. The van der Waals surface area contributed by atoms with E-state index in [1.54, 1.807) is 6.20 Å². The van der Waals surface area contributed by atoms with E-state index in [9.17, 15) is 4.79 Å². The predicted octanol–water partition coefficient (Wildman–Crippen LogP) is 4.10. The Bertz CT molecular complexity index is 1290. The molecule has 2 N–H and O–H groups in total. The number of carbonyl (C=O) groups excluding carboxylic acids is 1. The van der Waals surface area contributed by atoms with Crippen molar-refractivity contribution in [2.75, 3.05) is 41.8 Å². The van der Waals surface area contributed by atoms with Crippen molar-refractivity contribution < 1.29 is 9.53 Å². The summed E-state index contributed by atoms with van der Waals surface area (Å²) in [5.74, 6) is 0.246. The molecule has 0 radical (unpaired) electrons. The molecule has 1 aliphatic rings. The molecule has 0 aliphatic carbocycles. The Kier molecular flexibility index (Phi) is 5.73. The van der Waals surface area contributed by atoms with Gasteiger partial charge in [0.05, 0.1) is 30.6 Å². The minimum atomic E-state index is -0.249. The molecule has 0 atom stereocenters. The molecule has 0 bridgehead atoms. The molecule has 1 aliphatic heterocycles. The summed E-state index contributed by atoms with van der Waals surface area (Å²) in [5.41, 5.74) is 5.48. The number of hydrogen-bond acceptors (Lipinski definition) is 6. The van der Waals surface area contributed by atoms with Crippen LogP contribution in [0.4, 0.5) is 23.0 Å². The van der Waals surface area contributed by atoms with Gasteiger partial charge in [-0.1, -0.05) is 18.7 Å². The van der Waals surface area contributed by atoms with Crippen molar-refractivity contribution in [3.05, 3.63) is 79.5 Å². The summed E-state index contributed by atoms with van der Waals surface area (Å²) in [5, 5.41) is 10.8. The zero-order valence-electron chi connectivity index (χ0n) is 18.1. The van der Waals surface area contributed by atoms with Crippen LogP contribution in [0, 0.1) is 0 Å². The van der Waals surface area contributed by atoms with Gasteiger partial charge in [-0.25, -0.2) is 9.50 Å². The maximum Gasteiger partial charge on any atom is 0.247 e. The SMILES string of the molecule is C=CC(=O)Nc1cccc(-c2ccc3cnc(Nc4ccc(N5CCOCC5)cc4)nn23)c1. The van der Waals surface area contributed by atoms with Gasteiger partial charge in [-0.15, -0.1) is 5.10 Å². The molecule has 4 aromatic rings. The van der Waals surface area contributed by atoms with Crippen molar-refractivity contribution >= 4 is 34.4 Å².